The predicted octanol–water partition coefficient (Wildman–Crippen LogP) is 1.71. The Morgan fingerprint density at radius 1 is 1.20 bits per heavy atom. The van der Waals surface area contributed by atoms with E-state index in [1.807, 2.05) is 0 Å². The molecule has 58 valence electrons. The number of hydrogen-bond donors (Lipinski definition) is 0. The van der Waals surface area contributed by atoms with E-state index < -0.39 is 0 Å². The molecular formula is C7H15BO2. The molecule has 0 bridgehead atoms. The van der Waals surface area contributed by atoms with E-state index in [0.717, 1.165) is 19.5 Å². The van der Waals surface area contributed by atoms with Gasteiger partial charge in [0.15, 0.2) is 0 Å². The molecule has 3 heteroatoms. The summed E-state index contributed by atoms with van der Waals surface area (Å²) in [5.41, 5.74) is 0. The van der Waals surface area contributed by atoms with Gasteiger partial charge in [0.1, 0.15) is 0 Å². The van der Waals surface area contributed by atoms with Crippen molar-refractivity contribution in [2.75, 3.05) is 13.2 Å². The average Bonchev–Trinajstić information content (AvgIpc) is 2.41. The Kier molecular flexibility index (Phi) is 3.84. The minimum atomic E-state index is 0.117. The molecule has 1 heterocycles. The van der Waals surface area contributed by atoms with Gasteiger partial charge in [0, 0.05) is 0 Å². The van der Waals surface area contributed by atoms with Gasteiger partial charge in [-0.2, -0.15) is 0 Å². The first-order valence-electron chi connectivity index (χ1n) is 4.16. The van der Waals surface area contributed by atoms with E-state index in [-0.39, 0.29) is 7.12 Å². The number of unbranched alkanes of at least 4 members (excludes halogenated alkanes) is 2. The van der Waals surface area contributed by atoms with Gasteiger partial charge in [-0.15, -0.1) is 0 Å². The fraction of sp³-hybridized carbons (Fsp3) is 1.00. The van der Waals surface area contributed by atoms with Crippen LogP contribution >= 0.6 is 0 Å². The first-order valence-corrected chi connectivity index (χ1v) is 4.16. The quantitative estimate of drug-likeness (QED) is 0.439. The molecule has 0 unspecified atom stereocenters. The molecule has 10 heavy (non-hydrogen) atoms. The van der Waals surface area contributed by atoms with Crippen molar-refractivity contribution in [3.05, 3.63) is 0 Å². The van der Waals surface area contributed by atoms with E-state index in [0.29, 0.717) is 0 Å². The second kappa shape index (κ2) is 4.75. The molecule has 1 rings (SSSR count). The molecule has 0 amide bonds. The molecule has 0 aromatic heterocycles. The monoisotopic (exact) mass is 142 g/mol. The van der Waals surface area contributed by atoms with Crippen LogP contribution < -0.4 is 0 Å². The van der Waals surface area contributed by atoms with Crippen LogP contribution in [0.1, 0.15) is 26.2 Å². The molecule has 1 aliphatic heterocycles. The van der Waals surface area contributed by atoms with Crippen LogP contribution in [0.3, 0.4) is 0 Å². The summed E-state index contributed by atoms with van der Waals surface area (Å²) in [6.07, 6.45) is 4.88. The standard InChI is InChI=1S/C7H15BO2/c1-2-3-4-5-8-9-6-7-10-8/h2-7H2,1H3. The lowest BCUT2D eigenvalue weighted by atomic mass is 9.83. The van der Waals surface area contributed by atoms with Crippen molar-refractivity contribution < 1.29 is 9.31 Å². The maximum Gasteiger partial charge on any atom is 0.457 e. The second-order valence-electron chi connectivity index (χ2n) is 2.67. The third kappa shape index (κ3) is 2.71. The van der Waals surface area contributed by atoms with Gasteiger partial charge in [-0.1, -0.05) is 26.2 Å². The minimum Gasteiger partial charge on any atom is -0.409 e. The summed E-state index contributed by atoms with van der Waals surface area (Å²) in [7, 11) is 0.117. The maximum atomic E-state index is 5.28. The van der Waals surface area contributed by atoms with Crippen LogP contribution in [0.15, 0.2) is 0 Å². The van der Waals surface area contributed by atoms with Gasteiger partial charge in [0.2, 0.25) is 0 Å². The van der Waals surface area contributed by atoms with Crippen LogP contribution in [0.25, 0.3) is 0 Å². The zero-order valence-corrected chi connectivity index (χ0v) is 6.64. The van der Waals surface area contributed by atoms with E-state index in [2.05, 4.69) is 6.92 Å². The average molecular weight is 142 g/mol. The van der Waals surface area contributed by atoms with E-state index in [1.165, 1.54) is 19.3 Å². The molecule has 0 aliphatic carbocycles. The lowest BCUT2D eigenvalue weighted by Crippen LogP contribution is -2.12. The van der Waals surface area contributed by atoms with Gasteiger partial charge < -0.3 is 9.31 Å². The van der Waals surface area contributed by atoms with Crippen LogP contribution in [0.5, 0.6) is 0 Å². The Balaban J connectivity index is 1.91. The first kappa shape index (κ1) is 8.09. The van der Waals surface area contributed by atoms with E-state index in [1.54, 1.807) is 0 Å². The second-order valence-corrected chi connectivity index (χ2v) is 2.67. The van der Waals surface area contributed by atoms with Crippen LogP contribution in [0.4, 0.5) is 0 Å². The minimum absolute atomic E-state index is 0.117. The molecule has 0 aromatic rings. The Labute approximate surface area is 63.0 Å². The molecule has 2 nitrogen and oxygen atoms in total. The van der Waals surface area contributed by atoms with Gasteiger partial charge in [0.25, 0.3) is 0 Å². The van der Waals surface area contributed by atoms with E-state index >= 15 is 0 Å². The summed E-state index contributed by atoms with van der Waals surface area (Å²) in [5.74, 6) is 0. The Morgan fingerprint density at radius 2 is 1.90 bits per heavy atom. The van der Waals surface area contributed by atoms with Gasteiger partial charge >= 0.3 is 7.12 Å². The summed E-state index contributed by atoms with van der Waals surface area (Å²) in [4.78, 5) is 0. The molecular weight excluding hydrogens is 127 g/mol. The number of hydrogen-bond acceptors (Lipinski definition) is 2. The van der Waals surface area contributed by atoms with Crippen molar-refractivity contribution in [1.29, 1.82) is 0 Å². The van der Waals surface area contributed by atoms with Crippen molar-refractivity contribution >= 4 is 7.12 Å². The summed E-state index contributed by atoms with van der Waals surface area (Å²) in [6.45, 7) is 3.78. The van der Waals surface area contributed by atoms with E-state index in [9.17, 15) is 0 Å². The number of rotatable bonds is 4. The predicted molar refractivity (Wildman–Crippen MR) is 42.0 cm³/mol. The van der Waals surface area contributed by atoms with Crippen molar-refractivity contribution in [1.82, 2.24) is 0 Å². The van der Waals surface area contributed by atoms with Crippen molar-refractivity contribution in [3.63, 3.8) is 0 Å². The van der Waals surface area contributed by atoms with Gasteiger partial charge in [0.05, 0.1) is 13.2 Å². The molecule has 1 fully saturated rings. The summed E-state index contributed by atoms with van der Waals surface area (Å²) >= 11 is 0. The van der Waals surface area contributed by atoms with Crippen LogP contribution in [-0.4, -0.2) is 20.3 Å². The Morgan fingerprint density at radius 3 is 2.50 bits per heavy atom. The van der Waals surface area contributed by atoms with Crippen molar-refractivity contribution in [2.24, 2.45) is 0 Å². The molecule has 0 radical (unpaired) electrons. The highest BCUT2D eigenvalue weighted by molar-refractivity contribution is 6.44. The molecule has 0 saturated carbocycles. The zero-order chi connectivity index (χ0) is 7.23. The van der Waals surface area contributed by atoms with Gasteiger partial charge in [-0.3, -0.25) is 0 Å². The fourth-order valence-electron chi connectivity index (χ4n) is 1.13. The molecule has 1 saturated heterocycles. The van der Waals surface area contributed by atoms with E-state index in [4.69, 9.17) is 9.31 Å². The van der Waals surface area contributed by atoms with Crippen LogP contribution in [0, 0.1) is 0 Å². The van der Waals surface area contributed by atoms with Gasteiger partial charge in [-0.05, 0) is 6.32 Å². The fourth-order valence-corrected chi connectivity index (χ4v) is 1.13. The highest BCUT2D eigenvalue weighted by Gasteiger charge is 2.21. The van der Waals surface area contributed by atoms with Gasteiger partial charge in [-0.25, -0.2) is 0 Å². The topological polar surface area (TPSA) is 18.5 Å². The molecule has 0 atom stereocenters. The molecule has 0 N–H and O–H groups in total. The maximum absolute atomic E-state index is 5.28. The SMILES string of the molecule is CCCCCB1OCCO1. The lowest BCUT2D eigenvalue weighted by Gasteiger charge is -2.01. The largest absolute Gasteiger partial charge is 0.457 e. The Bertz CT molecular complexity index is 81.7. The van der Waals surface area contributed by atoms with Crippen molar-refractivity contribution in [3.8, 4) is 0 Å². The smallest absolute Gasteiger partial charge is 0.409 e. The Hall–Kier alpha value is -0.0151. The zero-order valence-electron chi connectivity index (χ0n) is 6.64. The molecule has 1 aliphatic rings. The van der Waals surface area contributed by atoms with Crippen LogP contribution in [0.2, 0.25) is 6.32 Å². The van der Waals surface area contributed by atoms with Crippen LogP contribution in [-0.2, 0) is 9.31 Å². The summed E-state index contributed by atoms with van der Waals surface area (Å²) in [5, 5.41) is 0. The summed E-state index contributed by atoms with van der Waals surface area (Å²) in [6, 6.07) is 0. The molecule has 0 aromatic carbocycles. The molecule has 0 spiro atoms. The van der Waals surface area contributed by atoms with Crippen molar-refractivity contribution in [2.45, 2.75) is 32.5 Å². The third-order valence-corrected chi connectivity index (χ3v) is 1.73. The highest BCUT2D eigenvalue weighted by atomic mass is 16.6. The first-order chi connectivity index (χ1) is 4.93. The lowest BCUT2D eigenvalue weighted by molar-refractivity contribution is 0.365. The summed E-state index contributed by atoms with van der Waals surface area (Å²) < 4.78 is 10.6. The highest BCUT2D eigenvalue weighted by Crippen LogP contribution is 2.09. The normalized spacial score (nSPS) is 18.3. The third-order valence-electron chi connectivity index (χ3n) is 1.73.